The second-order valence-corrected chi connectivity index (χ2v) is 5.77. The van der Waals surface area contributed by atoms with Gasteiger partial charge >= 0.3 is 0 Å². The molecule has 0 unspecified atom stereocenters. The molecule has 0 spiro atoms. The molecule has 0 aromatic carbocycles. The number of nitrogens with two attached hydrogens (primary N) is 1. The molecule has 0 aliphatic rings. The van der Waals surface area contributed by atoms with Gasteiger partial charge in [0.25, 0.3) is 0 Å². The van der Waals surface area contributed by atoms with Crippen LogP contribution in [0.4, 0.5) is 0 Å². The normalized spacial score (nSPS) is 13.1. The summed E-state index contributed by atoms with van der Waals surface area (Å²) >= 11 is 0. The third-order valence-electron chi connectivity index (χ3n) is 2.39. The Morgan fingerprint density at radius 3 is 2.72 bits per heavy atom. The number of rotatable bonds is 4. The van der Waals surface area contributed by atoms with Gasteiger partial charge in [0.15, 0.2) is 5.84 Å². The molecule has 0 aliphatic heterocycles. The van der Waals surface area contributed by atoms with Gasteiger partial charge in [-0.25, -0.2) is 0 Å². The summed E-state index contributed by atoms with van der Waals surface area (Å²) in [7, 11) is 2.08. The van der Waals surface area contributed by atoms with E-state index in [1.165, 1.54) is 0 Å². The standard InChI is InChI=1S/C13H22N4O/c1-13(2,3)9-17(4)8-10-5-6-15-11(7-10)12(14)16-18/h5-7,18H,8-9H2,1-4H3,(H2,14,16). The van der Waals surface area contributed by atoms with Crippen molar-refractivity contribution < 1.29 is 5.21 Å². The molecule has 1 aromatic rings. The molecule has 0 aliphatic carbocycles. The summed E-state index contributed by atoms with van der Waals surface area (Å²) in [6.45, 7) is 8.42. The zero-order valence-corrected chi connectivity index (χ0v) is 11.5. The number of amidine groups is 1. The highest BCUT2D eigenvalue weighted by atomic mass is 16.4. The van der Waals surface area contributed by atoms with Crippen molar-refractivity contribution in [2.45, 2.75) is 27.3 Å². The van der Waals surface area contributed by atoms with Crippen molar-refractivity contribution in [3.8, 4) is 0 Å². The highest BCUT2D eigenvalue weighted by Crippen LogP contribution is 2.15. The summed E-state index contributed by atoms with van der Waals surface area (Å²) in [5.41, 5.74) is 7.37. The molecular formula is C13H22N4O. The summed E-state index contributed by atoms with van der Waals surface area (Å²) in [4.78, 5) is 6.30. The van der Waals surface area contributed by atoms with Crippen LogP contribution in [0.15, 0.2) is 23.5 Å². The maximum Gasteiger partial charge on any atom is 0.188 e. The lowest BCUT2D eigenvalue weighted by atomic mass is 9.96. The number of aromatic nitrogens is 1. The number of pyridine rings is 1. The van der Waals surface area contributed by atoms with E-state index in [0.29, 0.717) is 5.69 Å². The summed E-state index contributed by atoms with van der Waals surface area (Å²) < 4.78 is 0. The highest BCUT2D eigenvalue weighted by molar-refractivity contribution is 5.95. The molecule has 100 valence electrons. The molecule has 1 rings (SSSR count). The predicted octanol–water partition coefficient (Wildman–Crippen LogP) is 1.65. The van der Waals surface area contributed by atoms with Crippen LogP contribution in [-0.4, -0.2) is 34.5 Å². The molecule has 0 atom stereocenters. The molecular weight excluding hydrogens is 228 g/mol. The van der Waals surface area contributed by atoms with E-state index in [1.807, 2.05) is 12.1 Å². The Morgan fingerprint density at radius 2 is 2.17 bits per heavy atom. The fraction of sp³-hybridized carbons (Fsp3) is 0.538. The molecule has 0 bridgehead atoms. The Labute approximate surface area is 108 Å². The quantitative estimate of drug-likeness (QED) is 0.369. The molecule has 0 saturated carbocycles. The van der Waals surface area contributed by atoms with E-state index < -0.39 is 0 Å². The van der Waals surface area contributed by atoms with Crippen LogP contribution in [0, 0.1) is 5.41 Å². The second kappa shape index (κ2) is 5.82. The summed E-state index contributed by atoms with van der Waals surface area (Å²) in [6, 6.07) is 3.78. The van der Waals surface area contributed by atoms with Crippen molar-refractivity contribution in [3.63, 3.8) is 0 Å². The van der Waals surface area contributed by atoms with Gasteiger partial charge in [-0.2, -0.15) is 0 Å². The van der Waals surface area contributed by atoms with Crippen LogP contribution in [0.3, 0.4) is 0 Å². The van der Waals surface area contributed by atoms with Gasteiger partial charge in [0.05, 0.1) is 0 Å². The lowest BCUT2D eigenvalue weighted by Gasteiger charge is -2.26. The summed E-state index contributed by atoms with van der Waals surface area (Å²) in [6.07, 6.45) is 1.67. The lowest BCUT2D eigenvalue weighted by molar-refractivity contribution is 0.221. The van der Waals surface area contributed by atoms with Crippen molar-refractivity contribution in [1.82, 2.24) is 9.88 Å². The molecule has 5 heteroatoms. The largest absolute Gasteiger partial charge is 0.409 e. The van der Waals surface area contributed by atoms with Gasteiger partial charge in [-0.05, 0) is 30.2 Å². The van der Waals surface area contributed by atoms with E-state index in [0.717, 1.165) is 18.7 Å². The molecule has 0 radical (unpaired) electrons. The molecule has 0 fully saturated rings. The number of oxime groups is 1. The molecule has 0 amide bonds. The van der Waals surface area contributed by atoms with Crippen molar-refractivity contribution >= 4 is 5.84 Å². The van der Waals surface area contributed by atoms with Crippen LogP contribution < -0.4 is 5.73 Å². The maximum absolute atomic E-state index is 8.63. The minimum Gasteiger partial charge on any atom is -0.409 e. The topological polar surface area (TPSA) is 74.7 Å². The Kier molecular flexibility index (Phi) is 4.67. The molecule has 1 aromatic heterocycles. The minimum atomic E-state index is 0.0373. The van der Waals surface area contributed by atoms with E-state index in [-0.39, 0.29) is 11.3 Å². The van der Waals surface area contributed by atoms with Crippen LogP contribution in [0.2, 0.25) is 0 Å². The smallest absolute Gasteiger partial charge is 0.188 e. The van der Waals surface area contributed by atoms with E-state index in [9.17, 15) is 0 Å². The average molecular weight is 250 g/mol. The minimum absolute atomic E-state index is 0.0373. The fourth-order valence-corrected chi connectivity index (χ4v) is 1.94. The van der Waals surface area contributed by atoms with Gasteiger partial charge in [-0.15, -0.1) is 0 Å². The number of hydrogen-bond donors (Lipinski definition) is 2. The van der Waals surface area contributed by atoms with Crippen LogP contribution >= 0.6 is 0 Å². The Hall–Kier alpha value is -1.62. The van der Waals surface area contributed by atoms with Crippen molar-refractivity contribution in [2.24, 2.45) is 16.3 Å². The Morgan fingerprint density at radius 1 is 1.50 bits per heavy atom. The first kappa shape index (κ1) is 14.4. The molecule has 5 nitrogen and oxygen atoms in total. The molecule has 18 heavy (non-hydrogen) atoms. The fourth-order valence-electron chi connectivity index (χ4n) is 1.94. The highest BCUT2D eigenvalue weighted by Gasteiger charge is 2.14. The van der Waals surface area contributed by atoms with Crippen molar-refractivity contribution in [1.29, 1.82) is 0 Å². The maximum atomic E-state index is 8.63. The summed E-state index contributed by atoms with van der Waals surface area (Å²) in [5, 5.41) is 11.6. The van der Waals surface area contributed by atoms with E-state index >= 15 is 0 Å². The average Bonchev–Trinajstić information content (AvgIpc) is 2.25. The van der Waals surface area contributed by atoms with Crippen LogP contribution in [-0.2, 0) is 6.54 Å². The number of nitrogens with zero attached hydrogens (tertiary/aromatic N) is 3. The first-order valence-electron chi connectivity index (χ1n) is 5.93. The van der Waals surface area contributed by atoms with Gasteiger partial charge in [-0.1, -0.05) is 25.9 Å². The Balaban J connectivity index is 2.74. The van der Waals surface area contributed by atoms with Gasteiger partial charge < -0.3 is 15.8 Å². The number of hydrogen-bond acceptors (Lipinski definition) is 4. The predicted molar refractivity (Wildman–Crippen MR) is 72.5 cm³/mol. The monoisotopic (exact) mass is 250 g/mol. The van der Waals surface area contributed by atoms with Crippen molar-refractivity contribution in [2.75, 3.05) is 13.6 Å². The van der Waals surface area contributed by atoms with Gasteiger partial charge in [0.1, 0.15) is 5.69 Å². The van der Waals surface area contributed by atoms with Crippen LogP contribution in [0.5, 0.6) is 0 Å². The van der Waals surface area contributed by atoms with Crippen LogP contribution in [0.25, 0.3) is 0 Å². The zero-order valence-electron chi connectivity index (χ0n) is 11.5. The third kappa shape index (κ3) is 4.71. The molecule has 3 N–H and O–H groups in total. The second-order valence-electron chi connectivity index (χ2n) is 5.77. The summed E-state index contributed by atoms with van der Waals surface area (Å²) in [5.74, 6) is 0.0373. The van der Waals surface area contributed by atoms with Gasteiger partial charge in [-0.3, -0.25) is 4.98 Å². The van der Waals surface area contributed by atoms with Gasteiger partial charge in [0.2, 0.25) is 0 Å². The van der Waals surface area contributed by atoms with E-state index in [2.05, 4.69) is 42.9 Å². The first-order valence-corrected chi connectivity index (χ1v) is 5.93. The lowest BCUT2D eigenvalue weighted by Crippen LogP contribution is -2.29. The molecule has 1 heterocycles. The van der Waals surface area contributed by atoms with E-state index in [1.54, 1.807) is 6.20 Å². The SMILES string of the molecule is CN(Cc1ccnc(C(N)=NO)c1)CC(C)(C)C. The van der Waals surface area contributed by atoms with E-state index in [4.69, 9.17) is 10.9 Å². The zero-order chi connectivity index (χ0) is 13.8. The van der Waals surface area contributed by atoms with Gasteiger partial charge in [0, 0.05) is 19.3 Å². The van der Waals surface area contributed by atoms with Crippen molar-refractivity contribution in [3.05, 3.63) is 29.6 Å². The molecule has 0 saturated heterocycles. The third-order valence-corrected chi connectivity index (χ3v) is 2.39. The Bertz CT molecular complexity index is 423. The first-order chi connectivity index (χ1) is 8.31. The van der Waals surface area contributed by atoms with Crippen LogP contribution in [0.1, 0.15) is 32.0 Å².